The predicted octanol–water partition coefficient (Wildman–Crippen LogP) is 2.29. The van der Waals surface area contributed by atoms with E-state index in [4.69, 9.17) is 14.5 Å². The highest BCUT2D eigenvalue weighted by atomic mass is 16.7. The van der Waals surface area contributed by atoms with Crippen LogP contribution in [0.25, 0.3) is 0 Å². The summed E-state index contributed by atoms with van der Waals surface area (Å²) >= 11 is 0. The fourth-order valence-corrected chi connectivity index (χ4v) is 4.18. The molecule has 1 atom stereocenters. The van der Waals surface area contributed by atoms with E-state index in [-0.39, 0.29) is 5.78 Å². The largest absolute Gasteiger partial charge is 0.454 e. The molecule has 1 fully saturated rings. The Hall–Kier alpha value is -2.67. The Morgan fingerprint density at radius 2 is 1.93 bits per heavy atom. The smallest absolute Gasteiger partial charge is 0.231 e. The average Bonchev–Trinajstić information content (AvgIpc) is 3.16. The number of carbonyl (C=O) groups is 1. The van der Waals surface area contributed by atoms with Gasteiger partial charge in [0.05, 0.1) is 11.3 Å². The molecule has 0 saturated carbocycles. The van der Waals surface area contributed by atoms with Crippen molar-refractivity contribution in [3.05, 3.63) is 41.2 Å². The number of fused-ring (bicyclic) bond motifs is 2. The van der Waals surface area contributed by atoms with Gasteiger partial charge in [-0.05, 0) is 30.0 Å². The first-order chi connectivity index (χ1) is 13.7. The maximum Gasteiger partial charge on any atom is 0.231 e. The Balaban J connectivity index is 1.23. The van der Waals surface area contributed by atoms with Gasteiger partial charge in [-0.1, -0.05) is 13.0 Å². The van der Waals surface area contributed by atoms with Crippen molar-refractivity contribution >= 4 is 11.7 Å². The van der Waals surface area contributed by atoms with E-state index < -0.39 is 0 Å². The minimum Gasteiger partial charge on any atom is -0.454 e. The summed E-state index contributed by atoms with van der Waals surface area (Å²) in [5.41, 5.74) is 2.86. The van der Waals surface area contributed by atoms with Gasteiger partial charge in [0, 0.05) is 45.3 Å². The Morgan fingerprint density at radius 3 is 2.79 bits per heavy atom. The first-order valence-electron chi connectivity index (χ1n) is 9.90. The van der Waals surface area contributed by atoms with Crippen molar-refractivity contribution in [1.82, 2.24) is 14.9 Å². The van der Waals surface area contributed by atoms with E-state index in [0.717, 1.165) is 62.3 Å². The Morgan fingerprint density at radius 1 is 1.11 bits per heavy atom. The lowest BCUT2D eigenvalue weighted by molar-refractivity contribution is 0.0951. The van der Waals surface area contributed by atoms with E-state index in [1.165, 1.54) is 5.56 Å². The van der Waals surface area contributed by atoms with Crippen LogP contribution in [-0.2, 0) is 13.0 Å². The van der Waals surface area contributed by atoms with Crippen LogP contribution in [0.5, 0.6) is 11.5 Å². The quantitative estimate of drug-likeness (QED) is 0.809. The summed E-state index contributed by atoms with van der Waals surface area (Å²) in [5.74, 6) is 2.95. The molecule has 1 saturated heterocycles. The van der Waals surface area contributed by atoms with Crippen molar-refractivity contribution < 1.29 is 14.3 Å². The van der Waals surface area contributed by atoms with Crippen LogP contribution < -0.4 is 14.4 Å². The van der Waals surface area contributed by atoms with Crippen LogP contribution in [0.2, 0.25) is 0 Å². The molecule has 0 unspecified atom stereocenters. The number of ketones is 1. The van der Waals surface area contributed by atoms with Gasteiger partial charge in [-0.25, -0.2) is 9.97 Å². The van der Waals surface area contributed by atoms with Gasteiger partial charge < -0.3 is 14.4 Å². The van der Waals surface area contributed by atoms with Crippen LogP contribution >= 0.6 is 0 Å². The zero-order chi connectivity index (χ0) is 19.1. The van der Waals surface area contributed by atoms with E-state index in [0.29, 0.717) is 24.7 Å². The van der Waals surface area contributed by atoms with Crippen LogP contribution in [0.4, 0.5) is 5.95 Å². The molecular weight excluding hydrogens is 356 g/mol. The standard InChI is InChI=1S/C21H24N4O3/c1-14-8-17-16(18(26)9-14)11-22-21(23-17)25-6-4-24(5-7-25)12-15-2-3-19-20(10-15)28-13-27-19/h2-3,10-11,14H,4-9,12-13H2,1H3/t14-/m0/s1. The van der Waals surface area contributed by atoms with Crippen molar-refractivity contribution in [2.75, 3.05) is 37.9 Å². The molecule has 0 N–H and O–H groups in total. The normalized spacial score (nSPS) is 21.7. The first kappa shape index (κ1) is 17.4. The number of hydrogen-bond acceptors (Lipinski definition) is 7. The van der Waals surface area contributed by atoms with Crippen LogP contribution in [0.15, 0.2) is 24.4 Å². The van der Waals surface area contributed by atoms with E-state index in [2.05, 4.69) is 33.8 Å². The van der Waals surface area contributed by atoms with E-state index in [1.54, 1.807) is 6.20 Å². The van der Waals surface area contributed by atoms with Gasteiger partial charge in [-0.3, -0.25) is 9.69 Å². The Kier molecular flexibility index (Phi) is 4.39. The summed E-state index contributed by atoms with van der Waals surface area (Å²) in [6.45, 7) is 6.97. The zero-order valence-corrected chi connectivity index (χ0v) is 16.1. The molecule has 0 bridgehead atoms. The lowest BCUT2D eigenvalue weighted by Gasteiger charge is -2.35. The molecular formula is C21H24N4O3. The van der Waals surface area contributed by atoms with Crippen LogP contribution in [-0.4, -0.2) is 53.6 Å². The number of hydrogen-bond donors (Lipinski definition) is 0. The van der Waals surface area contributed by atoms with Gasteiger partial charge >= 0.3 is 0 Å². The summed E-state index contributed by atoms with van der Waals surface area (Å²) in [5, 5.41) is 0. The van der Waals surface area contributed by atoms with Crippen LogP contribution in [0.1, 0.15) is 35.0 Å². The number of ether oxygens (including phenoxy) is 2. The maximum atomic E-state index is 12.2. The molecule has 5 rings (SSSR count). The average molecular weight is 380 g/mol. The monoisotopic (exact) mass is 380 g/mol. The fourth-order valence-electron chi connectivity index (χ4n) is 4.18. The van der Waals surface area contributed by atoms with Crippen molar-refractivity contribution in [2.24, 2.45) is 5.92 Å². The minimum atomic E-state index is 0.175. The van der Waals surface area contributed by atoms with E-state index in [9.17, 15) is 4.79 Å². The fraction of sp³-hybridized carbons (Fsp3) is 0.476. The summed E-state index contributed by atoms with van der Waals surface area (Å²) in [7, 11) is 0. The molecule has 1 aliphatic carbocycles. The lowest BCUT2D eigenvalue weighted by atomic mass is 9.88. The van der Waals surface area contributed by atoms with Gasteiger partial charge in [-0.2, -0.15) is 0 Å². The van der Waals surface area contributed by atoms with Gasteiger partial charge in [-0.15, -0.1) is 0 Å². The second-order valence-electron chi connectivity index (χ2n) is 7.92. The van der Waals surface area contributed by atoms with Crippen molar-refractivity contribution in [3.63, 3.8) is 0 Å². The van der Waals surface area contributed by atoms with Crippen molar-refractivity contribution in [2.45, 2.75) is 26.3 Å². The summed E-state index contributed by atoms with van der Waals surface area (Å²) in [4.78, 5) is 26.0. The van der Waals surface area contributed by atoms with Crippen LogP contribution in [0, 0.1) is 5.92 Å². The third kappa shape index (κ3) is 3.30. The molecule has 0 radical (unpaired) electrons. The second kappa shape index (κ2) is 7.05. The Labute approximate surface area is 164 Å². The van der Waals surface area contributed by atoms with Gasteiger partial charge in [0.1, 0.15) is 0 Å². The molecule has 3 heterocycles. The highest BCUT2D eigenvalue weighted by molar-refractivity contribution is 5.98. The lowest BCUT2D eigenvalue weighted by Crippen LogP contribution is -2.46. The molecule has 28 heavy (non-hydrogen) atoms. The molecule has 146 valence electrons. The molecule has 1 aromatic heterocycles. The summed E-state index contributed by atoms with van der Waals surface area (Å²) < 4.78 is 10.9. The third-order valence-corrected chi connectivity index (χ3v) is 5.73. The van der Waals surface area contributed by atoms with E-state index >= 15 is 0 Å². The molecule has 7 nitrogen and oxygen atoms in total. The van der Waals surface area contributed by atoms with Crippen LogP contribution in [0.3, 0.4) is 0 Å². The number of piperazine rings is 1. The topological polar surface area (TPSA) is 67.8 Å². The molecule has 7 heteroatoms. The highest BCUT2D eigenvalue weighted by Gasteiger charge is 2.26. The van der Waals surface area contributed by atoms with Gasteiger partial charge in [0.2, 0.25) is 12.7 Å². The second-order valence-corrected chi connectivity index (χ2v) is 7.92. The zero-order valence-electron chi connectivity index (χ0n) is 16.1. The number of rotatable bonds is 3. The van der Waals surface area contributed by atoms with Gasteiger partial charge in [0.15, 0.2) is 17.3 Å². The molecule has 3 aliphatic rings. The van der Waals surface area contributed by atoms with E-state index in [1.807, 2.05) is 6.07 Å². The number of benzene rings is 1. The molecule has 1 aromatic carbocycles. The number of Topliss-reactive ketones (excluding diaryl/α,β-unsaturated/α-hetero) is 1. The number of carbonyl (C=O) groups excluding carboxylic acids is 1. The van der Waals surface area contributed by atoms with Crippen molar-refractivity contribution in [3.8, 4) is 11.5 Å². The maximum absolute atomic E-state index is 12.2. The third-order valence-electron chi connectivity index (χ3n) is 5.73. The first-order valence-corrected chi connectivity index (χ1v) is 9.90. The molecule has 0 amide bonds. The van der Waals surface area contributed by atoms with Crippen molar-refractivity contribution in [1.29, 1.82) is 0 Å². The highest BCUT2D eigenvalue weighted by Crippen LogP contribution is 2.33. The number of anilines is 1. The number of aromatic nitrogens is 2. The molecule has 2 aliphatic heterocycles. The molecule has 2 aromatic rings. The molecule has 0 spiro atoms. The van der Waals surface area contributed by atoms with Gasteiger partial charge in [0.25, 0.3) is 0 Å². The summed E-state index contributed by atoms with van der Waals surface area (Å²) in [6.07, 6.45) is 3.19. The Bertz CT molecular complexity index is 909. The minimum absolute atomic E-state index is 0.175. The number of nitrogens with zero attached hydrogens (tertiary/aromatic N) is 4. The summed E-state index contributed by atoms with van der Waals surface area (Å²) in [6, 6.07) is 6.15. The predicted molar refractivity (Wildman–Crippen MR) is 104 cm³/mol. The SMILES string of the molecule is C[C@@H]1CC(=O)c2cnc(N3CCN(Cc4ccc5c(c4)OCO5)CC3)nc2C1.